The molecule has 1 aliphatic carbocycles. The molecule has 0 saturated heterocycles. The minimum absolute atomic E-state index is 0.0852. The van der Waals surface area contributed by atoms with Crippen LogP contribution in [0.4, 0.5) is 27.6 Å². The second-order valence-electron chi connectivity index (χ2n) is 8.54. The third kappa shape index (κ3) is 4.73. The zero-order valence-electron chi connectivity index (χ0n) is 17.6. The van der Waals surface area contributed by atoms with Crippen LogP contribution in [0.5, 0.6) is 0 Å². The lowest BCUT2D eigenvalue weighted by atomic mass is 9.85. The van der Waals surface area contributed by atoms with Crippen molar-refractivity contribution in [3.8, 4) is 0 Å². The molecule has 0 atom stereocenters. The second kappa shape index (κ2) is 9.00. The highest BCUT2D eigenvalue weighted by molar-refractivity contribution is 6.33. The van der Waals surface area contributed by atoms with Crippen molar-refractivity contribution in [2.24, 2.45) is 5.92 Å². The summed E-state index contributed by atoms with van der Waals surface area (Å²) in [6.45, 7) is 0.0852. The van der Waals surface area contributed by atoms with E-state index in [0.717, 1.165) is 23.1 Å². The first kappa shape index (κ1) is 24.7. The Balaban J connectivity index is 1.38. The monoisotopic (exact) mass is 520 g/mol. The molecule has 1 heterocycles. The molecule has 1 saturated carbocycles. The van der Waals surface area contributed by atoms with E-state index in [9.17, 15) is 31.5 Å². The Kier molecular flexibility index (Phi) is 6.54. The van der Waals surface area contributed by atoms with E-state index in [1.807, 2.05) is 0 Å². The molecule has 34 heavy (non-hydrogen) atoms. The van der Waals surface area contributed by atoms with Crippen molar-refractivity contribution >= 4 is 40.7 Å². The maximum absolute atomic E-state index is 14.4. The van der Waals surface area contributed by atoms with E-state index in [4.69, 9.17) is 23.2 Å². The molecule has 4 rings (SSSR count). The van der Waals surface area contributed by atoms with E-state index in [-0.39, 0.29) is 45.4 Å². The summed E-state index contributed by atoms with van der Waals surface area (Å²) in [5, 5.41) is 2.86. The number of carbonyl (C=O) groups is 2. The summed E-state index contributed by atoms with van der Waals surface area (Å²) in [5.41, 5.74) is -1.52. The molecule has 1 N–H and O–H groups in total. The first-order valence-electron chi connectivity index (χ1n) is 10.6. The third-order valence-corrected chi connectivity index (χ3v) is 6.83. The number of amides is 2. The number of fused-ring (bicyclic) bond motifs is 1. The predicted molar refractivity (Wildman–Crippen MR) is 117 cm³/mol. The summed E-state index contributed by atoms with van der Waals surface area (Å²) in [6, 6.07) is 6.05. The Morgan fingerprint density at radius 3 is 2.38 bits per heavy atom. The van der Waals surface area contributed by atoms with Crippen molar-refractivity contribution in [2.45, 2.75) is 43.8 Å². The van der Waals surface area contributed by atoms with E-state index >= 15 is 0 Å². The number of nitrogens with zero attached hydrogens (tertiary/aromatic N) is 1. The minimum atomic E-state index is -4.61. The number of alkyl halides is 5. The summed E-state index contributed by atoms with van der Waals surface area (Å²) >= 11 is 11.9. The lowest BCUT2D eigenvalue weighted by Crippen LogP contribution is -2.42. The zero-order valence-corrected chi connectivity index (χ0v) is 19.1. The summed E-state index contributed by atoms with van der Waals surface area (Å²) in [4.78, 5) is 26.0. The molecule has 0 radical (unpaired) electrons. The summed E-state index contributed by atoms with van der Waals surface area (Å²) in [6.07, 6.45) is -2.58. The van der Waals surface area contributed by atoms with Crippen LogP contribution in [-0.4, -0.2) is 24.4 Å². The quantitative estimate of drug-likeness (QED) is 0.471. The van der Waals surface area contributed by atoms with E-state index in [1.165, 1.54) is 12.1 Å². The van der Waals surface area contributed by atoms with Gasteiger partial charge in [0, 0.05) is 17.6 Å². The molecule has 2 amide bonds. The Bertz CT molecular complexity index is 1130. The molecule has 4 nitrogen and oxygen atoms in total. The molecule has 0 unspecified atom stereocenters. The molecule has 11 heteroatoms. The van der Waals surface area contributed by atoms with E-state index < -0.39 is 29.5 Å². The van der Waals surface area contributed by atoms with Crippen LogP contribution in [0.15, 0.2) is 36.4 Å². The number of hydrogen-bond donors (Lipinski definition) is 1. The molecular weight excluding hydrogens is 502 g/mol. The first-order chi connectivity index (χ1) is 15.9. The molecule has 0 spiro atoms. The fraction of sp³-hybridized carbons (Fsp3) is 0.391. The van der Waals surface area contributed by atoms with Gasteiger partial charge in [-0.15, -0.1) is 0 Å². The van der Waals surface area contributed by atoms with Crippen LogP contribution in [0.25, 0.3) is 0 Å². The Morgan fingerprint density at radius 2 is 1.74 bits per heavy atom. The van der Waals surface area contributed by atoms with Crippen LogP contribution in [-0.2, 0) is 16.9 Å². The van der Waals surface area contributed by atoms with Gasteiger partial charge in [-0.3, -0.25) is 9.59 Å². The van der Waals surface area contributed by atoms with Gasteiger partial charge in [-0.1, -0.05) is 23.2 Å². The van der Waals surface area contributed by atoms with Crippen molar-refractivity contribution in [1.82, 2.24) is 5.32 Å². The molecule has 182 valence electrons. The number of anilines is 1. The van der Waals surface area contributed by atoms with Gasteiger partial charge in [-0.25, -0.2) is 0 Å². The van der Waals surface area contributed by atoms with Gasteiger partial charge in [0.15, 0.2) is 0 Å². The summed E-state index contributed by atoms with van der Waals surface area (Å²) in [7, 11) is 0. The van der Waals surface area contributed by atoms with Crippen molar-refractivity contribution in [3.63, 3.8) is 0 Å². The number of benzene rings is 2. The largest absolute Gasteiger partial charge is 0.416 e. The Hall–Kier alpha value is -2.39. The number of halogens is 7. The fourth-order valence-electron chi connectivity index (χ4n) is 4.46. The van der Waals surface area contributed by atoms with E-state index in [0.29, 0.717) is 31.7 Å². The third-order valence-electron chi connectivity index (χ3n) is 6.26. The van der Waals surface area contributed by atoms with Crippen LogP contribution >= 0.6 is 23.2 Å². The van der Waals surface area contributed by atoms with Crippen LogP contribution < -0.4 is 10.2 Å². The average Bonchev–Trinajstić information content (AvgIpc) is 2.94. The molecule has 0 bridgehead atoms. The van der Waals surface area contributed by atoms with E-state index in [2.05, 4.69) is 5.32 Å². The molecule has 0 aromatic heterocycles. The number of carbonyl (C=O) groups excluding carboxylic acids is 2. The molecule has 2 aliphatic rings. The minimum Gasteiger partial charge on any atom is -0.349 e. The van der Waals surface area contributed by atoms with Crippen LogP contribution in [0.1, 0.15) is 47.2 Å². The van der Waals surface area contributed by atoms with Gasteiger partial charge in [-0.2, -0.15) is 22.0 Å². The van der Waals surface area contributed by atoms with Gasteiger partial charge in [-0.05, 0) is 68.0 Å². The van der Waals surface area contributed by atoms with Crippen molar-refractivity contribution in [3.05, 3.63) is 63.1 Å². The zero-order chi connectivity index (χ0) is 24.8. The van der Waals surface area contributed by atoms with Gasteiger partial charge in [0.25, 0.3) is 5.91 Å². The fourth-order valence-corrected chi connectivity index (χ4v) is 4.83. The lowest BCUT2D eigenvalue weighted by molar-refractivity contribution is -0.141. The summed E-state index contributed by atoms with van der Waals surface area (Å²) < 4.78 is 67.7. The average molecular weight is 521 g/mol. The maximum Gasteiger partial charge on any atom is 0.416 e. The normalized spacial score (nSPS) is 22.0. The van der Waals surface area contributed by atoms with Crippen LogP contribution in [0, 0.1) is 5.92 Å². The van der Waals surface area contributed by atoms with Crippen molar-refractivity contribution in [2.75, 3.05) is 11.4 Å². The van der Waals surface area contributed by atoms with Gasteiger partial charge >= 0.3 is 18.0 Å². The Morgan fingerprint density at radius 1 is 1.06 bits per heavy atom. The lowest BCUT2D eigenvalue weighted by Gasteiger charge is -2.32. The highest BCUT2D eigenvalue weighted by Gasteiger charge is 2.53. The highest BCUT2D eigenvalue weighted by atomic mass is 35.5. The van der Waals surface area contributed by atoms with Gasteiger partial charge < -0.3 is 10.2 Å². The molecular formula is C23H19Cl2F5N2O2. The molecule has 2 aromatic rings. The van der Waals surface area contributed by atoms with Gasteiger partial charge in [0.05, 0.1) is 27.4 Å². The SMILES string of the molecule is O=C(NC1CCC(CN2C(=O)C(F)(F)c3ccc(Cl)cc32)CC1)c1cc(C(F)(F)F)ccc1Cl. The second-order valence-corrected chi connectivity index (χ2v) is 9.38. The Labute approximate surface area is 202 Å². The standard InChI is InChI=1S/C23H19Cl2F5N2O2/c24-14-4-7-17-19(10-14)32(21(34)22(17,26)27)11-12-1-5-15(6-2-12)31-20(33)16-9-13(23(28,29)30)3-8-18(16)25/h3-4,7-10,12,15H,1-2,5-6,11H2,(H,31,33). The van der Waals surface area contributed by atoms with Gasteiger partial charge in [0.2, 0.25) is 0 Å². The smallest absolute Gasteiger partial charge is 0.349 e. The molecule has 2 aromatic carbocycles. The first-order valence-corrected chi connectivity index (χ1v) is 11.3. The van der Waals surface area contributed by atoms with Crippen LogP contribution in [0.2, 0.25) is 10.0 Å². The number of hydrogen-bond acceptors (Lipinski definition) is 2. The van der Waals surface area contributed by atoms with Crippen molar-refractivity contribution in [1.29, 1.82) is 0 Å². The summed E-state index contributed by atoms with van der Waals surface area (Å²) in [5.74, 6) is -5.71. The molecule has 1 aliphatic heterocycles. The number of nitrogens with one attached hydrogen (secondary N) is 1. The van der Waals surface area contributed by atoms with Gasteiger partial charge in [0.1, 0.15) is 0 Å². The van der Waals surface area contributed by atoms with E-state index in [1.54, 1.807) is 0 Å². The highest BCUT2D eigenvalue weighted by Crippen LogP contribution is 2.46. The number of rotatable bonds is 4. The predicted octanol–water partition coefficient (Wildman–Crippen LogP) is 6.44. The molecule has 1 fully saturated rings. The maximum atomic E-state index is 14.4. The van der Waals surface area contributed by atoms with Crippen LogP contribution in [0.3, 0.4) is 0 Å². The van der Waals surface area contributed by atoms with Crippen molar-refractivity contribution < 1.29 is 31.5 Å². The topological polar surface area (TPSA) is 49.4 Å².